The van der Waals surface area contributed by atoms with Crippen LogP contribution in [-0.2, 0) is 23.4 Å². The van der Waals surface area contributed by atoms with E-state index >= 15 is 4.39 Å². The van der Waals surface area contributed by atoms with Gasteiger partial charge in [0, 0.05) is 6.20 Å². The number of halogens is 2. The molecule has 0 radical (unpaired) electrons. The van der Waals surface area contributed by atoms with E-state index in [0.717, 1.165) is 4.57 Å². The summed E-state index contributed by atoms with van der Waals surface area (Å²) in [6, 6.07) is 8.12. The Morgan fingerprint density at radius 1 is 1.30 bits per heavy atom. The molecule has 15 heteroatoms. The number of hydrogen-bond donors (Lipinski definition) is 3. The number of carbonyl (C=O) groups is 1. The fraction of sp³-hybridized carbons (Fsp3) is 0.500. The smallest absolute Gasteiger partial charge is 0.459 e. The second-order valence-electron chi connectivity index (χ2n) is 8.63. The summed E-state index contributed by atoms with van der Waals surface area (Å²) in [7, 11) is -4.44. The van der Waals surface area contributed by atoms with E-state index in [0.29, 0.717) is 0 Å². The monoisotopic (exact) mass is 579 g/mol. The van der Waals surface area contributed by atoms with Gasteiger partial charge in [-0.25, -0.2) is 13.3 Å². The minimum Gasteiger partial charge on any atom is -0.462 e. The Morgan fingerprint density at radius 2 is 1.97 bits per heavy atom. The number of aliphatic hydroxyl groups is 1. The lowest BCUT2D eigenvalue weighted by atomic mass is 9.98. The molecule has 3 N–H and O–H groups in total. The summed E-state index contributed by atoms with van der Waals surface area (Å²) in [5, 5.41) is 13.1. The van der Waals surface area contributed by atoms with Crippen molar-refractivity contribution in [3.63, 3.8) is 0 Å². The van der Waals surface area contributed by atoms with E-state index in [-0.39, 0.29) is 15.2 Å². The van der Waals surface area contributed by atoms with E-state index in [4.69, 9.17) is 43.0 Å². The van der Waals surface area contributed by atoms with Crippen LogP contribution in [-0.4, -0.2) is 63.9 Å². The highest BCUT2D eigenvalue weighted by molar-refractivity contribution is 7.72. The number of carbonyl (C=O) groups excluding carboxylic acids is 1. The van der Waals surface area contributed by atoms with Crippen LogP contribution < -0.4 is 9.61 Å². The first-order valence-corrected chi connectivity index (χ1v) is 13.6. The summed E-state index contributed by atoms with van der Waals surface area (Å²) < 4.78 is 66.3. The van der Waals surface area contributed by atoms with Gasteiger partial charge in [0.05, 0.1) is 12.7 Å². The second kappa shape index (κ2) is 12.2. The van der Waals surface area contributed by atoms with Crippen molar-refractivity contribution in [2.24, 2.45) is 0 Å². The molecular formula is C22H28F2N3O7PS2. The molecule has 1 saturated heterocycles. The van der Waals surface area contributed by atoms with Gasteiger partial charge in [0.2, 0.25) is 0 Å². The maximum atomic E-state index is 15.2. The zero-order valence-electron chi connectivity index (χ0n) is 20.2. The molecule has 1 fully saturated rings. The highest BCUT2D eigenvalue weighted by Crippen LogP contribution is 2.48. The zero-order valence-corrected chi connectivity index (χ0v) is 22.7. The molecule has 204 valence electrons. The van der Waals surface area contributed by atoms with Crippen LogP contribution in [0.15, 0.2) is 42.6 Å². The van der Waals surface area contributed by atoms with E-state index in [9.17, 15) is 18.9 Å². The van der Waals surface area contributed by atoms with Gasteiger partial charge in [-0.1, -0.05) is 30.4 Å². The summed E-state index contributed by atoms with van der Waals surface area (Å²) in [5.41, 5.74) is -2.27. The number of hydrogen-bond acceptors (Lipinski definition) is 9. The number of aromatic nitrogens is 2. The maximum absolute atomic E-state index is 15.2. The zero-order chi connectivity index (χ0) is 27.4. The molecule has 0 saturated carbocycles. The highest BCUT2D eigenvalue weighted by Gasteiger charge is 2.57. The molecule has 0 spiro atoms. The van der Waals surface area contributed by atoms with Crippen molar-refractivity contribution < 1.29 is 41.8 Å². The molecule has 1 aliphatic rings. The van der Waals surface area contributed by atoms with Crippen molar-refractivity contribution in [1.82, 2.24) is 14.6 Å². The molecule has 1 aliphatic heterocycles. The van der Waals surface area contributed by atoms with Crippen molar-refractivity contribution in [2.75, 3.05) is 13.3 Å². The normalized spacial score (nSPS) is 26.0. The Hall–Kier alpha value is -2.06. The van der Waals surface area contributed by atoms with Crippen LogP contribution in [0.4, 0.5) is 8.78 Å². The van der Waals surface area contributed by atoms with Gasteiger partial charge in [0.25, 0.3) is 0 Å². The number of nitrogens with one attached hydrogen (secondary N) is 2. The predicted molar refractivity (Wildman–Crippen MR) is 135 cm³/mol. The first-order chi connectivity index (χ1) is 17.4. The van der Waals surface area contributed by atoms with E-state index in [2.05, 4.69) is 10.1 Å². The number of ether oxygens (including phenoxy) is 2. The number of rotatable bonds is 11. The number of alkyl halides is 2. The topological polar surface area (TPSA) is 124 Å². The van der Waals surface area contributed by atoms with Crippen molar-refractivity contribution >= 4 is 38.2 Å². The third-order valence-corrected chi connectivity index (χ3v) is 7.50. The van der Waals surface area contributed by atoms with Crippen molar-refractivity contribution in [1.29, 1.82) is 0 Å². The molecule has 0 bridgehead atoms. The first-order valence-electron chi connectivity index (χ1n) is 11.2. The second-order valence-corrected chi connectivity index (χ2v) is 11.1. The molecule has 3 rings (SSSR count). The molecular weight excluding hydrogens is 551 g/mol. The van der Waals surface area contributed by atoms with Gasteiger partial charge >= 0.3 is 13.7 Å². The van der Waals surface area contributed by atoms with Crippen LogP contribution in [0.3, 0.4) is 0 Å². The molecule has 37 heavy (non-hydrogen) atoms. The van der Waals surface area contributed by atoms with E-state index in [1.54, 1.807) is 32.0 Å². The van der Waals surface area contributed by atoms with Crippen LogP contribution >= 0.6 is 32.2 Å². The lowest BCUT2D eigenvalue weighted by Gasteiger charge is -2.31. The number of esters is 1. The number of para-hydroxylation sites is 1. The van der Waals surface area contributed by atoms with Crippen LogP contribution in [0.5, 0.6) is 5.75 Å². The largest absolute Gasteiger partial charge is 0.462 e. The molecule has 10 nitrogen and oxygen atoms in total. The Kier molecular flexibility index (Phi) is 9.73. The number of aliphatic hydroxyl groups excluding tert-OH is 1. The number of benzene rings is 1. The van der Waals surface area contributed by atoms with Crippen molar-refractivity contribution in [2.45, 2.75) is 57.0 Å². The van der Waals surface area contributed by atoms with Crippen LogP contribution in [0, 0.1) is 9.41 Å². The van der Waals surface area contributed by atoms with E-state index in [1.165, 1.54) is 31.3 Å². The molecule has 0 aliphatic carbocycles. The van der Waals surface area contributed by atoms with Crippen LogP contribution in [0.25, 0.3) is 0 Å². The Morgan fingerprint density at radius 3 is 2.57 bits per heavy atom. The summed E-state index contributed by atoms with van der Waals surface area (Å²) in [4.78, 5) is 14.9. The Labute approximate surface area is 222 Å². The minimum atomic E-state index is -4.44. The Bertz CT molecular complexity index is 1250. The lowest BCUT2D eigenvalue weighted by Crippen LogP contribution is -2.48. The summed E-state index contributed by atoms with van der Waals surface area (Å²) in [6.45, 7) is 2.34. The Balaban J connectivity index is 1.86. The van der Waals surface area contributed by atoms with Gasteiger partial charge in [-0.2, -0.15) is 5.09 Å². The molecule has 2 aromatic rings. The molecule has 0 amide bonds. The molecule has 6 atom stereocenters. The molecule has 2 unspecified atom stereocenters. The third kappa shape index (κ3) is 7.08. The van der Waals surface area contributed by atoms with Gasteiger partial charge in [0.15, 0.2) is 22.8 Å². The minimum absolute atomic E-state index is 0.0137. The molecule has 1 aromatic heterocycles. The van der Waals surface area contributed by atoms with E-state index in [1.807, 2.05) is 0 Å². The molecule has 1 aromatic carbocycles. The third-order valence-electron chi connectivity index (χ3n) is 5.32. The summed E-state index contributed by atoms with van der Waals surface area (Å²) >= 11 is 10.1. The van der Waals surface area contributed by atoms with Gasteiger partial charge in [-0.15, -0.1) is 0 Å². The quantitative estimate of drug-likeness (QED) is 0.201. The maximum Gasteiger partial charge on any atom is 0.459 e. The van der Waals surface area contributed by atoms with Crippen LogP contribution in [0.2, 0.25) is 0 Å². The van der Waals surface area contributed by atoms with Crippen molar-refractivity contribution in [3.8, 4) is 5.75 Å². The molecule has 2 heterocycles. The fourth-order valence-electron chi connectivity index (χ4n) is 3.46. The van der Waals surface area contributed by atoms with Gasteiger partial charge in [0.1, 0.15) is 29.2 Å². The number of nitrogens with zero attached hydrogens (tertiary/aromatic N) is 1. The van der Waals surface area contributed by atoms with Gasteiger partial charge in [-0.05, 0) is 51.2 Å². The van der Waals surface area contributed by atoms with Gasteiger partial charge < -0.3 is 24.1 Å². The first kappa shape index (κ1) is 29.5. The average molecular weight is 580 g/mol. The van der Waals surface area contributed by atoms with Gasteiger partial charge in [-0.3, -0.25) is 13.9 Å². The number of aromatic amines is 1. The number of H-pyrrole nitrogens is 1. The fourth-order valence-corrected chi connectivity index (χ4v) is 5.50. The summed E-state index contributed by atoms with van der Waals surface area (Å²) in [6.07, 6.45) is -4.79. The van der Waals surface area contributed by atoms with E-state index < -0.39 is 63.2 Å². The SMILES string of the molecule is CC(C)OC(=O)[C@H](C)NP(=O)(OC[C@@]1(CF)O[C@@H](n2ccc(=S)[nH]c2=S)[C@@H](F)C1O)Oc1ccccc1. The van der Waals surface area contributed by atoms with Crippen LogP contribution in [0.1, 0.15) is 27.0 Å². The summed E-state index contributed by atoms with van der Waals surface area (Å²) in [5.74, 6) is -0.635. The highest BCUT2D eigenvalue weighted by atomic mass is 32.1. The predicted octanol–water partition coefficient (Wildman–Crippen LogP) is 4.34. The average Bonchev–Trinajstić information content (AvgIpc) is 3.08. The lowest BCUT2D eigenvalue weighted by molar-refractivity contribution is -0.149. The standard InChI is InChI=1S/C22H28F2N3O7PS2/c1-13(2)32-20(29)14(3)26-35(30,34-15-7-5-4-6-8-15)31-12-22(11-23)18(28)17(24)19(33-22)27-10-9-16(36)25-21(27)37/h4-10,13-14,17-19,28H,11-12H2,1-3H3,(H,26,30)(H,25,36,37)/t14-,17-,18?,19+,22+,35?/m0/s1. The van der Waals surface area contributed by atoms with Crippen molar-refractivity contribution in [3.05, 3.63) is 52.0 Å².